The molecule has 1 aromatic heterocycles. The van der Waals surface area contributed by atoms with Crippen LogP contribution in [0.2, 0.25) is 0 Å². The summed E-state index contributed by atoms with van der Waals surface area (Å²) in [4.78, 5) is 24.7. The Kier molecular flexibility index (Phi) is 5.95. The topological polar surface area (TPSA) is 176 Å². The molecule has 1 saturated heterocycles. The van der Waals surface area contributed by atoms with Crippen molar-refractivity contribution in [3.63, 3.8) is 0 Å². The number of phenolic OH excluding ortho intramolecular Hbond substituents is 1. The number of hydrogen-bond donors (Lipinski definition) is 5. The van der Waals surface area contributed by atoms with Crippen LogP contribution in [0.4, 0.5) is 0 Å². The van der Waals surface area contributed by atoms with Crippen LogP contribution in [0.25, 0.3) is 22.1 Å². The summed E-state index contributed by atoms with van der Waals surface area (Å²) in [6.45, 7) is 0. The molecule has 0 aliphatic carbocycles. The molecule has 174 valence electrons. The highest BCUT2D eigenvalue weighted by Gasteiger charge is 2.48. The number of aliphatic hydroxyl groups is 3. The van der Waals surface area contributed by atoms with Gasteiger partial charge in [0.25, 0.3) is 0 Å². The molecule has 5 N–H and O–H groups in total. The van der Waals surface area contributed by atoms with E-state index in [0.717, 1.165) is 0 Å². The molecule has 5 unspecified atom stereocenters. The lowest BCUT2D eigenvalue weighted by molar-refractivity contribution is -0.270. The number of aliphatic carboxylic acids is 1. The molecule has 11 heteroatoms. The van der Waals surface area contributed by atoms with E-state index in [2.05, 4.69) is 0 Å². The Morgan fingerprint density at radius 3 is 2.36 bits per heavy atom. The van der Waals surface area contributed by atoms with Gasteiger partial charge in [-0.3, -0.25) is 4.79 Å². The average molecular weight is 460 g/mol. The van der Waals surface area contributed by atoms with Crippen molar-refractivity contribution < 1.29 is 49.0 Å². The van der Waals surface area contributed by atoms with Crippen LogP contribution in [-0.2, 0) is 9.53 Å². The number of hydrogen-bond acceptors (Lipinski definition) is 10. The number of carbonyl (C=O) groups is 1. The molecule has 0 spiro atoms. The maximum atomic E-state index is 13.3. The smallest absolute Gasteiger partial charge is 0.335 e. The maximum absolute atomic E-state index is 13.3. The zero-order valence-electron chi connectivity index (χ0n) is 17.1. The second-order valence-corrected chi connectivity index (χ2v) is 7.38. The summed E-state index contributed by atoms with van der Waals surface area (Å²) in [5.41, 5.74) is 0.128. The van der Waals surface area contributed by atoms with Gasteiger partial charge in [-0.2, -0.15) is 0 Å². The molecule has 2 heterocycles. The fourth-order valence-electron chi connectivity index (χ4n) is 3.52. The van der Waals surface area contributed by atoms with Crippen molar-refractivity contribution in [1.82, 2.24) is 0 Å². The van der Waals surface area contributed by atoms with Crippen LogP contribution in [0.5, 0.6) is 17.2 Å². The quantitative estimate of drug-likeness (QED) is 0.357. The van der Waals surface area contributed by atoms with E-state index in [1.807, 2.05) is 0 Å². The number of rotatable bonds is 5. The molecule has 1 fully saturated rings. The first-order valence-electron chi connectivity index (χ1n) is 9.73. The van der Waals surface area contributed by atoms with Crippen molar-refractivity contribution in [2.45, 2.75) is 30.7 Å². The summed E-state index contributed by atoms with van der Waals surface area (Å²) in [6.07, 6.45) is -8.00. The number of ether oxygens (including phenoxy) is 3. The molecule has 2 aromatic carbocycles. The summed E-state index contributed by atoms with van der Waals surface area (Å²) in [5.74, 6) is -1.52. The van der Waals surface area contributed by atoms with Crippen molar-refractivity contribution in [3.8, 4) is 28.4 Å². The standard InChI is InChI=1S/C22H20O11/c1-30-11-6-13-15(16(24)12(8-31-13)9-2-4-10(23)5-3-9)14(7-11)32-22-19(27)17(25)18(26)20(33-22)21(28)29/h2-8,17-20,22-23,25-27H,1H3,(H,28,29). The van der Waals surface area contributed by atoms with Crippen LogP contribution in [0, 0.1) is 0 Å². The minimum atomic E-state index is -1.90. The van der Waals surface area contributed by atoms with Crippen molar-refractivity contribution in [3.05, 3.63) is 52.9 Å². The van der Waals surface area contributed by atoms with Crippen molar-refractivity contribution in [2.75, 3.05) is 7.11 Å². The zero-order valence-corrected chi connectivity index (χ0v) is 17.1. The number of aromatic hydroxyl groups is 1. The first-order chi connectivity index (χ1) is 15.7. The summed E-state index contributed by atoms with van der Waals surface area (Å²) in [7, 11) is 1.36. The highest BCUT2D eigenvalue weighted by atomic mass is 16.7. The van der Waals surface area contributed by atoms with Gasteiger partial charge < -0.3 is 44.2 Å². The Bertz CT molecular complexity index is 1230. The third kappa shape index (κ3) is 4.10. The lowest BCUT2D eigenvalue weighted by atomic mass is 9.99. The largest absolute Gasteiger partial charge is 0.508 e. The van der Waals surface area contributed by atoms with E-state index in [1.54, 1.807) is 0 Å². The zero-order chi connectivity index (χ0) is 23.9. The molecule has 0 saturated carbocycles. The molecule has 11 nitrogen and oxygen atoms in total. The lowest BCUT2D eigenvalue weighted by Gasteiger charge is -2.38. The molecular formula is C22H20O11. The third-order valence-corrected chi connectivity index (χ3v) is 5.29. The van der Waals surface area contributed by atoms with Crippen LogP contribution in [-0.4, -0.2) is 69.3 Å². The monoisotopic (exact) mass is 460 g/mol. The molecule has 4 rings (SSSR count). The molecule has 5 atom stereocenters. The summed E-state index contributed by atoms with van der Waals surface area (Å²) >= 11 is 0. The first kappa shape index (κ1) is 22.6. The van der Waals surface area contributed by atoms with Crippen molar-refractivity contribution >= 4 is 16.9 Å². The van der Waals surface area contributed by atoms with E-state index in [0.29, 0.717) is 5.56 Å². The van der Waals surface area contributed by atoms with Gasteiger partial charge in [-0.05, 0) is 17.7 Å². The Balaban J connectivity index is 1.82. The van der Waals surface area contributed by atoms with Crippen molar-refractivity contribution in [1.29, 1.82) is 0 Å². The van der Waals surface area contributed by atoms with Crippen LogP contribution in [0.3, 0.4) is 0 Å². The van der Waals surface area contributed by atoms with Gasteiger partial charge in [0.15, 0.2) is 6.10 Å². The minimum Gasteiger partial charge on any atom is -0.508 e. The van der Waals surface area contributed by atoms with Crippen LogP contribution in [0.1, 0.15) is 0 Å². The van der Waals surface area contributed by atoms with Gasteiger partial charge in [0.1, 0.15) is 52.8 Å². The Morgan fingerprint density at radius 2 is 1.73 bits per heavy atom. The fourth-order valence-corrected chi connectivity index (χ4v) is 3.52. The van der Waals surface area contributed by atoms with Crippen molar-refractivity contribution in [2.24, 2.45) is 0 Å². The number of benzene rings is 2. The first-order valence-corrected chi connectivity index (χ1v) is 9.73. The minimum absolute atomic E-state index is 0.00912. The number of aliphatic hydroxyl groups excluding tert-OH is 3. The summed E-state index contributed by atoms with van der Waals surface area (Å²) < 4.78 is 21.6. The second-order valence-electron chi connectivity index (χ2n) is 7.38. The predicted octanol–water partition coefficient (Wildman–Crippen LogP) is 0.445. The summed E-state index contributed by atoms with van der Waals surface area (Å²) in [5, 5.41) is 48.9. The fraction of sp³-hybridized carbons (Fsp3) is 0.273. The molecule has 1 aliphatic rings. The summed E-state index contributed by atoms with van der Waals surface area (Å²) in [6, 6.07) is 8.57. The Morgan fingerprint density at radius 1 is 1.03 bits per heavy atom. The van der Waals surface area contributed by atoms with Gasteiger partial charge in [-0.15, -0.1) is 0 Å². The van der Waals surface area contributed by atoms with E-state index < -0.39 is 42.1 Å². The molecule has 33 heavy (non-hydrogen) atoms. The van der Waals surface area contributed by atoms with E-state index in [4.69, 9.17) is 18.6 Å². The third-order valence-electron chi connectivity index (χ3n) is 5.29. The van der Waals surface area contributed by atoms with Crippen LogP contribution in [0.15, 0.2) is 51.9 Å². The number of carboxylic acid groups (broad SMARTS) is 1. The van der Waals surface area contributed by atoms with Gasteiger partial charge in [0, 0.05) is 12.1 Å². The normalized spacial score (nSPS) is 25.0. The van der Waals surface area contributed by atoms with Gasteiger partial charge in [0.2, 0.25) is 11.7 Å². The predicted molar refractivity (Wildman–Crippen MR) is 111 cm³/mol. The lowest BCUT2D eigenvalue weighted by Crippen LogP contribution is -2.61. The molecular weight excluding hydrogens is 440 g/mol. The van der Waals surface area contributed by atoms with Crippen LogP contribution >= 0.6 is 0 Å². The van der Waals surface area contributed by atoms with E-state index in [1.165, 1.54) is 49.8 Å². The van der Waals surface area contributed by atoms with Gasteiger partial charge in [-0.25, -0.2) is 4.79 Å². The Hall–Kier alpha value is -3.64. The van der Waals surface area contributed by atoms with E-state index >= 15 is 0 Å². The molecule has 0 bridgehead atoms. The van der Waals surface area contributed by atoms with E-state index in [9.17, 15) is 35.1 Å². The van der Waals surface area contributed by atoms with E-state index in [-0.39, 0.29) is 33.8 Å². The highest BCUT2D eigenvalue weighted by Crippen LogP contribution is 2.34. The molecule has 0 radical (unpaired) electrons. The molecule has 1 aliphatic heterocycles. The number of methoxy groups -OCH3 is 1. The number of phenols is 1. The molecule has 0 amide bonds. The van der Waals surface area contributed by atoms with Crippen LogP contribution < -0.4 is 14.9 Å². The average Bonchev–Trinajstić information content (AvgIpc) is 2.79. The maximum Gasteiger partial charge on any atom is 0.335 e. The van der Waals surface area contributed by atoms with Gasteiger partial charge >= 0.3 is 5.97 Å². The SMILES string of the molecule is COc1cc(OC2OC(C(=O)O)C(O)C(O)C2O)c2c(=O)c(-c3ccc(O)cc3)coc2c1. The molecule has 3 aromatic rings. The van der Waals surface area contributed by atoms with Gasteiger partial charge in [-0.1, -0.05) is 12.1 Å². The second kappa shape index (κ2) is 8.71. The number of fused-ring (bicyclic) bond motifs is 1. The highest BCUT2D eigenvalue weighted by molar-refractivity contribution is 5.88. The number of carboxylic acids is 1. The van der Waals surface area contributed by atoms with Gasteiger partial charge in [0.05, 0.1) is 12.7 Å². The Labute approximate surface area is 185 Å².